The van der Waals surface area contributed by atoms with Crippen LogP contribution in [-0.2, 0) is 4.79 Å². The van der Waals surface area contributed by atoms with E-state index in [0.29, 0.717) is 0 Å². The summed E-state index contributed by atoms with van der Waals surface area (Å²) in [5.41, 5.74) is 0. The van der Waals surface area contributed by atoms with Crippen LogP contribution in [0, 0.1) is 0 Å². The third kappa shape index (κ3) is 25.1. The number of carboxylic acid groups (broad SMARTS) is 1. The van der Waals surface area contributed by atoms with Crippen molar-refractivity contribution in [1.82, 2.24) is 0 Å². The third-order valence-electron chi connectivity index (χ3n) is 1.48. The molecule has 0 aromatic carbocycles. The van der Waals surface area contributed by atoms with Crippen LogP contribution in [-0.4, -0.2) is 5.97 Å². The van der Waals surface area contributed by atoms with Crippen LogP contribution in [0.5, 0.6) is 0 Å². The van der Waals surface area contributed by atoms with Crippen LogP contribution in [0.1, 0.15) is 45.4 Å². The van der Waals surface area contributed by atoms with E-state index in [2.05, 4.69) is 6.92 Å². The van der Waals surface area contributed by atoms with E-state index in [0.717, 1.165) is 19.3 Å². The summed E-state index contributed by atoms with van der Waals surface area (Å²) in [4.78, 5) is 9.92. The molecule has 0 aliphatic rings. The fraction of sp³-hybridized carbons (Fsp3) is 0.875. The molecule has 0 atom stereocenters. The second-order valence-electron chi connectivity index (χ2n) is 2.54. The molecule has 0 aromatic rings. The van der Waals surface area contributed by atoms with Crippen molar-refractivity contribution >= 4 is 5.97 Å². The van der Waals surface area contributed by atoms with E-state index < -0.39 is 5.97 Å². The molecule has 5 heteroatoms. The van der Waals surface area contributed by atoms with Crippen molar-refractivity contribution in [1.29, 1.82) is 0 Å². The topological polar surface area (TPSA) is 40.1 Å². The Morgan fingerprint density at radius 1 is 1.15 bits per heavy atom. The smallest absolute Gasteiger partial charge is 1.00 e. The third-order valence-corrected chi connectivity index (χ3v) is 1.48. The number of carbonyl (C=O) groups is 1. The molecule has 0 amide bonds. The van der Waals surface area contributed by atoms with Gasteiger partial charge in [0, 0.05) is 5.97 Å². The average molecular weight is 241 g/mol. The first-order valence-corrected chi connectivity index (χ1v) is 3.97. The molecule has 0 spiro atoms. The summed E-state index contributed by atoms with van der Waals surface area (Å²) in [5, 5.41) is 9.92. The van der Waals surface area contributed by atoms with Crippen molar-refractivity contribution < 1.29 is 103 Å². The maximum Gasteiger partial charge on any atom is 1.00 e. The summed E-state index contributed by atoms with van der Waals surface area (Å²) in [7, 11) is 0. The minimum absolute atomic E-state index is 0. The molecule has 68 valence electrons. The monoisotopic (exact) mass is 240 g/mol. The van der Waals surface area contributed by atoms with Crippen LogP contribution in [0.3, 0.4) is 0 Å². The fourth-order valence-corrected chi connectivity index (χ4v) is 0.873. The van der Waals surface area contributed by atoms with Crippen LogP contribution in [0.2, 0.25) is 0 Å². The number of carbonyl (C=O) groups excluding carboxylic acids is 1. The molecule has 0 aromatic heterocycles. The van der Waals surface area contributed by atoms with Crippen LogP contribution in [0.4, 0.5) is 0 Å². The number of carboxylic acids is 1. The first-order chi connectivity index (χ1) is 4.77. The summed E-state index contributed by atoms with van der Waals surface area (Å²) in [6, 6.07) is 0. The molecule has 0 radical (unpaired) electrons. The van der Waals surface area contributed by atoms with Crippen molar-refractivity contribution in [2.75, 3.05) is 0 Å². The fourth-order valence-electron chi connectivity index (χ4n) is 0.873. The normalized spacial score (nSPS) is 7.46. The Hall–Kier alpha value is 2.40. The van der Waals surface area contributed by atoms with Crippen molar-refractivity contribution in [3.05, 3.63) is 0 Å². The van der Waals surface area contributed by atoms with Crippen LogP contribution >= 0.6 is 0 Å². The van der Waals surface area contributed by atoms with Crippen LogP contribution in [0.25, 0.3) is 0 Å². The summed E-state index contributed by atoms with van der Waals surface area (Å²) in [6.45, 7) is 2.14. The van der Waals surface area contributed by atoms with E-state index in [1.807, 2.05) is 0 Å². The van der Waals surface area contributed by atoms with E-state index >= 15 is 0 Å². The van der Waals surface area contributed by atoms with Crippen LogP contribution in [0.15, 0.2) is 0 Å². The van der Waals surface area contributed by atoms with Gasteiger partial charge in [-0.1, -0.05) is 32.6 Å². The standard InChI is InChI=1S/C8H16O2.ClH.K.Na/c1-2-3-4-5-6-7-8(9)10;;;/h2-7H2,1H3,(H,9,10);1H;;/q;;2*+1/p-2. The zero-order valence-electron chi connectivity index (χ0n) is 8.94. The molecule has 0 saturated carbocycles. The first-order valence-electron chi connectivity index (χ1n) is 3.97. The number of aliphatic carboxylic acids is 1. The van der Waals surface area contributed by atoms with Gasteiger partial charge in [0.25, 0.3) is 0 Å². The molecule has 0 aliphatic carbocycles. The Labute approximate surface area is 152 Å². The van der Waals surface area contributed by atoms with Crippen molar-refractivity contribution in [2.45, 2.75) is 45.4 Å². The van der Waals surface area contributed by atoms with E-state index in [1.165, 1.54) is 12.8 Å². The predicted octanol–water partition coefficient (Wildman–Crippen LogP) is -7.89. The van der Waals surface area contributed by atoms with Gasteiger partial charge < -0.3 is 22.3 Å². The van der Waals surface area contributed by atoms with Crippen molar-refractivity contribution in [2.24, 2.45) is 0 Å². The van der Waals surface area contributed by atoms with E-state index in [-0.39, 0.29) is 99.8 Å². The van der Waals surface area contributed by atoms with Gasteiger partial charge in [0.05, 0.1) is 0 Å². The minimum Gasteiger partial charge on any atom is -1.00 e. The Bertz CT molecular complexity index is 104. The molecule has 0 heterocycles. The van der Waals surface area contributed by atoms with Crippen molar-refractivity contribution in [3.63, 3.8) is 0 Å². The quantitative estimate of drug-likeness (QED) is 0.342. The zero-order chi connectivity index (χ0) is 7.82. The molecule has 0 saturated heterocycles. The summed E-state index contributed by atoms with van der Waals surface area (Å²) >= 11 is 0. The first kappa shape index (κ1) is 24.6. The molecule has 0 bridgehead atoms. The average Bonchev–Trinajstić information content (AvgIpc) is 1.87. The van der Waals surface area contributed by atoms with Gasteiger partial charge in [-0.05, 0) is 12.8 Å². The largest absolute Gasteiger partial charge is 1.00 e. The second kappa shape index (κ2) is 19.9. The van der Waals surface area contributed by atoms with Gasteiger partial charge >= 0.3 is 80.9 Å². The Morgan fingerprint density at radius 3 is 2.00 bits per heavy atom. The zero-order valence-corrected chi connectivity index (χ0v) is 14.8. The summed E-state index contributed by atoms with van der Waals surface area (Å²) in [5.74, 6) is -0.920. The van der Waals surface area contributed by atoms with E-state index in [9.17, 15) is 9.90 Å². The van der Waals surface area contributed by atoms with Gasteiger partial charge in [0.1, 0.15) is 0 Å². The maximum absolute atomic E-state index is 9.92. The second-order valence-corrected chi connectivity index (χ2v) is 2.54. The predicted molar refractivity (Wildman–Crippen MR) is 38.4 cm³/mol. The van der Waals surface area contributed by atoms with Gasteiger partial charge in [-0.15, -0.1) is 0 Å². The van der Waals surface area contributed by atoms with Crippen LogP contribution < -0.4 is 98.5 Å². The molecule has 0 fully saturated rings. The van der Waals surface area contributed by atoms with Gasteiger partial charge in [-0.3, -0.25) is 0 Å². The Morgan fingerprint density at radius 2 is 1.62 bits per heavy atom. The molecular formula is C8H15ClKNaO2. The summed E-state index contributed by atoms with van der Waals surface area (Å²) in [6.07, 6.45) is 5.61. The van der Waals surface area contributed by atoms with Crippen molar-refractivity contribution in [3.8, 4) is 0 Å². The van der Waals surface area contributed by atoms with Gasteiger partial charge in [0.15, 0.2) is 0 Å². The van der Waals surface area contributed by atoms with Gasteiger partial charge in [0.2, 0.25) is 0 Å². The number of unbranched alkanes of at least 4 members (excludes halogenated alkanes) is 4. The Balaban J connectivity index is -0.000000135. The van der Waals surface area contributed by atoms with Gasteiger partial charge in [-0.2, -0.15) is 0 Å². The molecule has 0 N–H and O–H groups in total. The van der Waals surface area contributed by atoms with E-state index in [1.54, 1.807) is 0 Å². The van der Waals surface area contributed by atoms with Gasteiger partial charge in [-0.25, -0.2) is 0 Å². The molecule has 2 nitrogen and oxygen atoms in total. The SMILES string of the molecule is CCCCCCCC(=O)[O-].[Cl-].[K+].[Na+]. The molecule has 13 heavy (non-hydrogen) atoms. The summed E-state index contributed by atoms with van der Waals surface area (Å²) < 4.78 is 0. The minimum atomic E-state index is -0.920. The molecule has 0 aliphatic heterocycles. The Kier molecular flexibility index (Phi) is 37.6. The molecule has 0 unspecified atom stereocenters. The molecule has 0 rings (SSSR count). The number of halogens is 1. The number of hydrogen-bond acceptors (Lipinski definition) is 2. The van der Waals surface area contributed by atoms with E-state index in [4.69, 9.17) is 0 Å². The molecular weight excluding hydrogens is 226 g/mol. The number of rotatable bonds is 6. The maximum atomic E-state index is 9.92. The number of hydrogen-bond donors (Lipinski definition) is 0.